The van der Waals surface area contributed by atoms with Gasteiger partial charge in [-0.15, -0.1) is 0 Å². The molecule has 48 heavy (non-hydrogen) atoms. The summed E-state index contributed by atoms with van der Waals surface area (Å²) in [5.41, 5.74) is 20.7. The van der Waals surface area contributed by atoms with Crippen LogP contribution in [-0.2, 0) is 5.41 Å². The van der Waals surface area contributed by atoms with Gasteiger partial charge in [-0.1, -0.05) is 123 Å². The highest BCUT2D eigenvalue weighted by Crippen LogP contribution is 2.63. The molecule has 10 rings (SSSR count). The summed E-state index contributed by atoms with van der Waals surface area (Å²) in [4.78, 5) is 0. The molecule has 0 amide bonds. The summed E-state index contributed by atoms with van der Waals surface area (Å²) in [6.45, 7) is 6.81. The summed E-state index contributed by atoms with van der Waals surface area (Å²) in [5.74, 6) is 0.366. The van der Waals surface area contributed by atoms with Crippen LogP contribution in [0.2, 0.25) is 0 Å². The lowest BCUT2D eigenvalue weighted by Gasteiger charge is -2.32. The predicted molar refractivity (Wildman–Crippen MR) is 200 cm³/mol. The largest absolute Gasteiger partial charge is 0.456 e. The molecule has 0 aliphatic heterocycles. The van der Waals surface area contributed by atoms with Gasteiger partial charge >= 0.3 is 0 Å². The Morgan fingerprint density at radius 1 is 0.604 bits per heavy atom. The molecule has 1 nitrogen and oxygen atoms in total. The number of allylic oxidation sites excluding steroid dienone is 4. The molecule has 0 fully saturated rings. The molecule has 0 N–H and O–H groups in total. The third kappa shape index (κ3) is 3.62. The standard InChI is InChI=1S/C47H36O/c1-28(2)38-25-30(31-21-24-44-39(26-31)46-29(3)11-10-18-45(46)48-44)19-22-33(38)32-20-23-37-36-14-6-9-17-42(36)47(43(37)27-32)40-15-7-4-12-34(40)35-13-5-8-16-41(35)47/h4-5,7-13,15-28H,6,14H2,1-3H3. The van der Waals surface area contributed by atoms with Crippen molar-refractivity contribution in [2.45, 2.75) is 44.9 Å². The van der Waals surface area contributed by atoms with Crippen LogP contribution in [0, 0.1) is 6.92 Å². The van der Waals surface area contributed by atoms with E-state index in [0.717, 1.165) is 24.0 Å². The van der Waals surface area contributed by atoms with Gasteiger partial charge in [0, 0.05) is 10.8 Å². The summed E-state index contributed by atoms with van der Waals surface area (Å²) in [6, 6.07) is 45.6. The Bertz CT molecular complexity index is 2500. The van der Waals surface area contributed by atoms with Gasteiger partial charge in [-0.3, -0.25) is 0 Å². The summed E-state index contributed by atoms with van der Waals surface area (Å²) in [5, 5.41) is 2.39. The molecule has 3 aliphatic carbocycles. The molecule has 1 spiro atoms. The zero-order chi connectivity index (χ0) is 32.1. The van der Waals surface area contributed by atoms with Crippen LogP contribution in [0.1, 0.15) is 66.0 Å². The van der Waals surface area contributed by atoms with E-state index in [0.29, 0.717) is 5.92 Å². The predicted octanol–water partition coefficient (Wildman–Crippen LogP) is 12.8. The van der Waals surface area contributed by atoms with Crippen LogP contribution in [0.3, 0.4) is 0 Å². The number of furan rings is 1. The average Bonchev–Trinajstić information content (AvgIpc) is 3.75. The zero-order valence-electron chi connectivity index (χ0n) is 27.6. The van der Waals surface area contributed by atoms with Crippen molar-refractivity contribution < 1.29 is 4.42 Å². The molecule has 6 aromatic carbocycles. The van der Waals surface area contributed by atoms with Gasteiger partial charge in [-0.2, -0.15) is 0 Å². The van der Waals surface area contributed by atoms with Crippen molar-refractivity contribution in [2.24, 2.45) is 0 Å². The lowest BCUT2D eigenvalue weighted by Crippen LogP contribution is -2.27. The first-order valence-corrected chi connectivity index (χ1v) is 17.3. The van der Waals surface area contributed by atoms with Crippen LogP contribution in [0.15, 0.2) is 143 Å². The molecule has 0 saturated carbocycles. The first kappa shape index (κ1) is 27.7. The minimum absolute atomic E-state index is 0.288. The van der Waals surface area contributed by atoms with Crippen LogP contribution >= 0.6 is 0 Å². The Morgan fingerprint density at radius 3 is 2.10 bits per heavy atom. The summed E-state index contributed by atoms with van der Waals surface area (Å²) >= 11 is 0. The van der Waals surface area contributed by atoms with Crippen molar-refractivity contribution in [3.8, 4) is 33.4 Å². The Kier molecular flexibility index (Phi) is 5.80. The van der Waals surface area contributed by atoms with Gasteiger partial charge in [0.15, 0.2) is 0 Å². The van der Waals surface area contributed by atoms with Crippen LogP contribution in [0.4, 0.5) is 0 Å². The molecular weight excluding hydrogens is 581 g/mol. The van der Waals surface area contributed by atoms with Gasteiger partial charge in [0.25, 0.3) is 0 Å². The first-order valence-electron chi connectivity index (χ1n) is 17.3. The second kappa shape index (κ2) is 10.1. The van der Waals surface area contributed by atoms with E-state index in [4.69, 9.17) is 4.42 Å². The second-order valence-corrected chi connectivity index (χ2v) is 14.2. The van der Waals surface area contributed by atoms with Crippen LogP contribution in [-0.4, -0.2) is 0 Å². The fourth-order valence-corrected chi connectivity index (χ4v) is 9.21. The number of benzene rings is 6. The smallest absolute Gasteiger partial charge is 0.135 e. The van der Waals surface area contributed by atoms with E-state index >= 15 is 0 Å². The van der Waals surface area contributed by atoms with Gasteiger partial charge in [-0.25, -0.2) is 0 Å². The zero-order valence-corrected chi connectivity index (χ0v) is 27.6. The third-order valence-electron chi connectivity index (χ3n) is 11.3. The van der Waals surface area contributed by atoms with E-state index in [-0.39, 0.29) is 5.41 Å². The van der Waals surface area contributed by atoms with Crippen LogP contribution < -0.4 is 0 Å². The maximum Gasteiger partial charge on any atom is 0.135 e. The normalized spacial score (nSPS) is 15.4. The highest BCUT2D eigenvalue weighted by molar-refractivity contribution is 6.08. The molecule has 0 radical (unpaired) electrons. The summed E-state index contributed by atoms with van der Waals surface area (Å²) in [7, 11) is 0. The third-order valence-corrected chi connectivity index (χ3v) is 11.3. The molecule has 0 atom stereocenters. The molecule has 1 heteroatoms. The van der Waals surface area contributed by atoms with E-state index in [1.807, 2.05) is 0 Å². The maximum atomic E-state index is 6.21. The Morgan fingerprint density at radius 2 is 1.31 bits per heavy atom. The number of aryl methyl sites for hydroxylation is 1. The topological polar surface area (TPSA) is 13.1 Å². The minimum Gasteiger partial charge on any atom is -0.456 e. The average molecular weight is 617 g/mol. The molecule has 1 heterocycles. The van der Waals surface area contributed by atoms with Gasteiger partial charge in [0.05, 0.1) is 5.41 Å². The lowest BCUT2D eigenvalue weighted by atomic mass is 9.68. The van der Waals surface area contributed by atoms with Gasteiger partial charge < -0.3 is 4.42 Å². The van der Waals surface area contributed by atoms with Crippen molar-refractivity contribution in [2.75, 3.05) is 0 Å². The number of rotatable bonds is 3. The van der Waals surface area contributed by atoms with Gasteiger partial charge in [0.1, 0.15) is 11.2 Å². The Hall–Kier alpha value is -5.40. The molecule has 7 aromatic rings. The Balaban J connectivity index is 1.16. The molecule has 3 aliphatic rings. The van der Waals surface area contributed by atoms with Crippen molar-refractivity contribution in [3.05, 3.63) is 172 Å². The van der Waals surface area contributed by atoms with E-state index in [1.165, 1.54) is 88.7 Å². The highest BCUT2D eigenvalue weighted by atomic mass is 16.3. The van der Waals surface area contributed by atoms with Crippen molar-refractivity contribution in [1.82, 2.24) is 0 Å². The molecule has 0 unspecified atom stereocenters. The first-order chi connectivity index (χ1) is 23.5. The fraction of sp³-hybridized carbons (Fsp3) is 0.149. The fourth-order valence-electron chi connectivity index (χ4n) is 9.21. The number of fused-ring (bicyclic) bond motifs is 12. The van der Waals surface area contributed by atoms with Crippen molar-refractivity contribution >= 4 is 27.5 Å². The van der Waals surface area contributed by atoms with E-state index in [9.17, 15) is 0 Å². The van der Waals surface area contributed by atoms with E-state index in [1.54, 1.807) is 0 Å². The monoisotopic (exact) mass is 616 g/mol. The lowest BCUT2D eigenvalue weighted by molar-refractivity contribution is 0.669. The number of hydrogen-bond donors (Lipinski definition) is 0. The minimum atomic E-state index is -0.288. The molecule has 0 saturated heterocycles. The van der Waals surface area contributed by atoms with Gasteiger partial charge in [-0.05, 0) is 128 Å². The quantitative estimate of drug-likeness (QED) is 0.192. The number of hydrogen-bond acceptors (Lipinski definition) is 1. The maximum absolute atomic E-state index is 6.21. The van der Waals surface area contributed by atoms with Gasteiger partial charge in [0.2, 0.25) is 0 Å². The second-order valence-electron chi connectivity index (χ2n) is 14.2. The van der Waals surface area contributed by atoms with Crippen molar-refractivity contribution in [3.63, 3.8) is 0 Å². The molecule has 1 aromatic heterocycles. The SMILES string of the molecule is Cc1cccc2oc3ccc(-c4ccc(-c5ccc6c(c5)C5(C7=C6CCC=C7)c6ccccc6-c6ccccc65)c(C(C)C)c4)cc3c12. The van der Waals surface area contributed by atoms with Crippen molar-refractivity contribution in [1.29, 1.82) is 0 Å². The summed E-state index contributed by atoms with van der Waals surface area (Å²) in [6.07, 6.45) is 7.01. The molecular formula is C47H36O. The molecule has 230 valence electrons. The highest BCUT2D eigenvalue weighted by Gasteiger charge is 2.52. The Labute approximate surface area is 281 Å². The van der Waals surface area contributed by atoms with Crippen LogP contribution in [0.5, 0.6) is 0 Å². The summed E-state index contributed by atoms with van der Waals surface area (Å²) < 4.78 is 6.21. The van der Waals surface area contributed by atoms with E-state index < -0.39 is 0 Å². The van der Waals surface area contributed by atoms with Crippen LogP contribution in [0.25, 0.3) is 60.9 Å². The van der Waals surface area contributed by atoms with E-state index in [2.05, 4.69) is 154 Å². The molecule has 0 bridgehead atoms.